The lowest BCUT2D eigenvalue weighted by molar-refractivity contribution is -0.166. The highest BCUT2D eigenvalue weighted by molar-refractivity contribution is 7.87. The van der Waals surface area contributed by atoms with Crippen LogP contribution < -0.4 is 0 Å². The molecule has 120 valence electrons. The lowest BCUT2D eigenvalue weighted by Crippen LogP contribution is -2.46. The van der Waals surface area contributed by atoms with E-state index in [0.29, 0.717) is 12.8 Å². The Bertz CT molecular complexity index is 521. The molecule has 1 aliphatic rings. The van der Waals surface area contributed by atoms with Gasteiger partial charge in [-0.2, -0.15) is 17.2 Å². The molecule has 1 saturated carbocycles. The predicted molar refractivity (Wildman–Crippen MR) is 68.0 cm³/mol. The van der Waals surface area contributed by atoms with Crippen LogP contribution in [0.15, 0.2) is 0 Å². The van der Waals surface area contributed by atoms with Crippen LogP contribution in [0.25, 0.3) is 0 Å². The van der Waals surface area contributed by atoms with Crippen molar-refractivity contribution < 1.29 is 41.2 Å². The Morgan fingerprint density at radius 1 is 1.24 bits per heavy atom. The van der Waals surface area contributed by atoms with Crippen molar-refractivity contribution in [2.24, 2.45) is 11.8 Å². The summed E-state index contributed by atoms with van der Waals surface area (Å²) >= 11 is -0.543. The van der Waals surface area contributed by atoms with Crippen molar-refractivity contribution in [2.45, 2.75) is 35.9 Å². The summed E-state index contributed by atoms with van der Waals surface area (Å²) in [5.74, 6) is -4.49. The Balaban J connectivity index is 2.82. The summed E-state index contributed by atoms with van der Waals surface area (Å²) in [6.07, 6.45) is 1.58. The topological polar surface area (TPSA) is 118 Å². The number of alkyl halides is 2. The monoisotopic (exact) mass is 344 g/mol. The van der Waals surface area contributed by atoms with Gasteiger partial charge in [0.2, 0.25) is 0 Å². The fourth-order valence-electron chi connectivity index (χ4n) is 2.25. The lowest BCUT2D eigenvalue weighted by atomic mass is 9.79. The number of hydrogen-bond acceptors (Lipinski definition) is 5. The molecule has 0 aromatic carbocycles. The fraction of sp³-hybridized carbons (Fsp3) is 0.800. The third-order valence-corrected chi connectivity index (χ3v) is 5.90. The van der Waals surface area contributed by atoms with Crippen LogP contribution in [0.2, 0.25) is 0 Å². The molecule has 0 aliphatic heterocycles. The van der Waals surface area contributed by atoms with Crippen LogP contribution in [0.4, 0.5) is 8.78 Å². The number of carbonyl (C=O) groups is 2. The average molecular weight is 344 g/mol. The largest absolute Gasteiger partial charge is 0.481 e. The van der Waals surface area contributed by atoms with E-state index in [-0.39, 0.29) is 12.8 Å². The summed E-state index contributed by atoms with van der Waals surface area (Å²) in [6.45, 7) is 0. The molecule has 2 N–H and O–H groups in total. The van der Waals surface area contributed by atoms with E-state index in [1.165, 1.54) is 0 Å². The Morgan fingerprint density at radius 3 is 2.14 bits per heavy atom. The van der Waals surface area contributed by atoms with Gasteiger partial charge in [0.05, 0.1) is 11.8 Å². The zero-order valence-electron chi connectivity index (χ0n) is 11.2. The second-order valence-corrected chi connectivity index (χ2v) is 7.49. The molecule has 21 heavy (non-hydrogen) atoms. The van der Waals surface area contributed by atoms with Gasteiger partial charge in [-0.1, -0.05) is 12.8 Å². The lowest BCUT2D eigenvalue weighted by Gasteiger charge is -2.29. The van der Waals surface area contributed by atoms with Crippen LogP contribution in [-0.4, -0.2) is 56.5 Å². The number of halogens is 2. The molecule has 0 heterocycles. The van der Waals surface area contributed by atoms with E-state index < -0.39 is 60.4 Å². The summed E-state index contributed by atoms with van der Waals surface area (Å²) in [5.41, 5.74) is 0. The van der Waals surface area contributed by atoms with Crippen molar-refractivity contribution in [1.29, 1.82) is 0 Å². The maximum atomic E-state index is 13.3. The fourth-order valence-corrected chi connectivity index (χ4v) is 3.84. The van der Waals surface area contributed by atoms with Crippen LogP contribution in [0.3, 0.4) is 0 Å². The van der Waals surface area contributed by atoms with Gasteiger partial charge in [-0.25, -0.2) is 0 Å². The molecule has 1 rings (SSSR count). The number of carboxylic acid groups (broad SMARTS) is 1. The van der Waals surface area contributed by atoms with E-state index in [1.54, 1.807) is 0 Å². The van der Waals surface area contributed by atoms with Crippen molar-refractivity contribution in [3.63, 3.8) is 0 Å². The summed E-state index contributed by atoms with van der Waals surface area (Å²) in [4.78, 5) is 20.6. The van der Waals surface area contributed by atoms with E-state index in [4.69, 9.17) is 9.66 Å². The summed E-state index contributed by atoms with van der Waals surface area (Å²) in [7, 11) is -5.70. The van der Waals surface area contributed by atoms with Crippen molar-refractivity contribution >= 4 is 38.3 Å². The van der Waals surface area contributed by atoms with Gasteiger partial charge in [0.1, 0.15) is 4.97 Å². The molecular formula is C10H15AlF2O7S. The van der Waals surface area contributed by atoms with Gasteiger partial charge in [-0.15, -0.1) is 0 Å². The second kappa shape index (κ2) is 6.56. The van der Waals surface area contributed by atoms with E-state index in [9.17, 15) is 26.8 Å². The molecule has 3 atom stereocenters. The highest BCUT2D eigenvalue weighted by Crippen LogP contribution is 2.33. The second-order valence-electron chi connectivity index (χ2n) is 4.95. The van der Waals surface area contributed by atoms with E-state index in [0.717, 1.165) is 0 Å². The van der Waals surface area contributed by atoms with Gasteiger partial charge in [0, 0.05) is 0 Å². The highest BCUT2D eigenvalue weighted by Gasteiger charge is 2.52. The third kappa shape index (κ3) is 4.12. The van der Waals surface area contributed by atoms with Gasteiger partial charge in [-0.05, 0) is 12.8 Å². The molecule has 0 aromatic rings. The molecule has 0 saturated heterocycles. The number of hydrogen-bond donors (Lipinski definition) is 2. The molecule has 0 spiro atoms. The van der Waals surface area contributed by atoms with Crippen LogP contribution in [-0.2, 0) is 24.4 Å². The maximum Gasteiger partial charge on any atom is 0.391 e. The predicted octanol–water partition coefficient (Wildman–Crippen LogP) is -0.140. The normalized spacial score (nSPS) is 25.1. The quantitative estimate of drug-likeness (QED) is 0.405. The molecule has 1 fully saturated rings. The third-order valence-electron chi connectivity index (χ3n) is 3.50. The summed E-state index contributed by atoms with van der Waals surface area (Å²) < 4.78 is 60.6. The minimum atomic E-state index is -5.70. The average Bonchev–Trinajstić information content (AvgIpc) is 2.37. The first-order valence-corrected chi connectivity index (χ1v) is 8.86. The SMILES string of the molecule is O=C(O)C1CCCCC1C(=O)O[CH]([AlH2])C(F)(F)S(=O)(=O)O. The first-order chi connectivity index (χ1) is 9.48. The summed E-state index contributed by atoms with van der Waals surface area (Å²) in [5, 5.41) is 4.40. The molecule has 0 aromatic heterocycles. The molecule has 1 aliphatic carbocycles. The Hall–Kier alpha value is -0.758. The van der Waals surface area contributed by atoms with Gasteiger partial charge in [0.25, 0.3) is 16.3 Å². The van der Waals surface area contributed by atoms with E-state index in [1.807, 2.05) is 0 Å². The Labute approximate surface area is 127 Å². The van der Waals surface area contributed by atoms with Crippen LogP contribution in [0.1, 0.15) is 25.7 Å². The minimum absolute atomic E-state index is 0.182. The minimum Gasteiger partial charge on any atom is -0.481 e. The first kappa shape index (κ1) is 18.3. The van der Waals surface area contributed by atoms with Gasteiger partial charge < -0.3 is 9.84 Å². The van der Waals surface area contributed by atoms with Crippen LogP contribution >= 0.6 is 0 Å². The molecule has 7 nitrogen and oxygen atoms in total. The van der Waals surface area contributed by atoms with E-state index in [2.05, 4.69) is 4.74 Å². The highest BCUT2D eigenvalue weighted by atomic mass is 32.2. The molecule has 0 amide bonds. The van der Waals surface area contributed by atoms with Crippen molar-refractivity contribution in [3.8, 4) is 0 Å². The number of esters is 1. The Kier molecular flexibility index (Phi) is 5.71. The van der Waals surface area contributed by atoms with Crippen molar-refractivity contribution in [1.82, 2.24) is 0 Å². The Morgan fingerprint density at radius 2 is 1.71 bits per heavy atom. The zero-order valence-corrected chi connectivity index (χ0v) is 14.0. The maximum absolute atomic E-state index is 13.3. The first-order valence-electron chi connectivity index (χ1n) is 6.26. The van der Waals surface area contributed by atoms with Crippen LogP contribution in [0, 0.1) is 11.8 Å². The van der Waals surface area contributed by atoms with E-state index >= 15 is 0 Å². The molecule has 0 radical (unpaired) electrons. The standard InChI is InChI=1S/C10H13F2O7S.Al.2H/c11-10(12,20(16,17)18)5-19-9(15)7-4-2-1-3-6(7)8(13)14;;;/h5-7H,1-4H2,(H,13,14)(H,16,17,18);;;. The van der Waals surface area contributed by atoms with Crippen molar-refractivity contribution in [3.05, 3.63) is 0 Å². The smallest absolute Gasteiger partial charge is 0.391 e. The number of aliphatic carboxylic acids is 1. The van der Waals surface area contributed by atoms with Gasteiger partial charge >= 0.3 is 27.3 Å². The molecule has 11 heteroatoms. The molecular weight excluding hydrogens is 329 g/mol. The number of carbonyl (C=O) groups excluding carboxylic acids is 1. The van der Waals surface area contributed by atoms with Gasteiger partial charge in [0.15, 0.2) is 0 Å². The number of rotatable bonds is 5. The number of carboxylic acids is 1. The van der Waals surface area contributed by atoms with Gasteiger partial charge in [-0.3, -0.25) is 14.1 Å². The molecule has 0 bridgehead atoms. The van der Waals surface area contributed by atoms with Crippen molar-refractivity contribution in [2.75, 3.05) is 0 Å². The number of ether oxygens (including phenoxy) is 1. The zero-order chi connectivity index (χ0) is 16.4. The summed E-state index contributed by atoms with van der Waals surface area (Å²) in [6, 6.07) is 0. The molecule has 3 unspecified atom stereocenters. The van der Waals surface area contributed by atoms with Crippen LogP contribution in [0.5, 0.6) is 0 Å².